The highest BCUT2D eigenvalue weighted by Gasteiger charge is 2.25. The zero-order chi connectivity index (χ0) is 27.4. The Morgan fingerprint density at radius 3 is 2.77 bits per heavy atom. The molecule has 3 aromatic heterocycles. The van der Waals surface area contributed by atoms with Gasteiger partial charge < -0.3 is 24.9 Å². The third-order valence-corrected chi connectivity index (χ3v) is 7.35. The Labute approximate surface area is 226 Å². The molecule has 1 fully saturated rings. The number of urea groups is 1. The number of amides is 2. The molecule has 0 bridgehead atoms. The lowest BCUT2D eigenvalue weighted by atomic mass is 9.89. The number of pyridine rings is 1. The molecule has 1 atom stereocenters. The lowest BCUT2D eigenvalue weighted by Crippen LogP contribution is -2.33. The molecule has 0 aliphatic heterocycles. The van der Waals surface area contributed by atoms with Crippen molar-refractivity contribution in [1.29, 1.82) is 0 Å². The fraction of sp³-hybridized carbons (Fsp3) is 0.414. The Kier molecular flexibility index (Phi) is 7.90. The number of anilines is 1. The molecule has 10 heteroatoms. The molecule has 10 nitrogen and oxygen atoms in total. The molecule has 1 aromatic carbocycles. The number of carbonyl (C=O) groups is 2. The van der Waals surface area contributed by atoms with Gasteiger partial charge in [-0.15, -0.1) is 0 Å². The number of aromatic nitrogens is 4. The van der Waals surface area contributed by atoms with Crippen molar-refractivity contribution in [2.45, 2.75) is 58.4 Å². The zero-order valence-electron chi connectivity index (χ0n) is 22.3. The molecule has 5 rings (SSSR count). The topological polar surface area (TPSA) is 131 Å². The highest BCUT2D eigenvalue weighted by molar-refractivity contribution is 5.96. The van der Waals surface area contributed by atoms with Crippen molar-refractivity contribution in [2.24, 2.45) is 5.92 Å². The molecule has 1 unspecified atom stereocenters. The maximum atomic E-state index is 13.2. The lowest BCUT2D eigenvalue weighted by Gasteiger charge is -2.21. The average molecular weight is 531 g/mol. The van der Waals surface area contributed by atoms with Crippen molar-refractivity contribution in [3.8, 4) is 11.3 Å². The van der Waals surface area contributed by atoms with Crippen molar-refractivity contribution in [1.82, 2.24) is 24.8 Å². The van der Waals surface area contributed by atoms with Crippen LogP contribution in [0, 0.1) is 5.92 Å². The van der Waals surface area contributed by atoms with Crippen LogP contribution in [-0.4, -0.2) is 44.7 Å². The van der Waals surface area contributed by atoms with Crippen LogP contribution in [-0.2, 0) is 9.53 Å². The highest BCUT2D eigenvalue weighted by atomic mass is 16.5. The molecule has 1 aliphatic carbocycles. The molecule has 1 aliphatic rings. The van der Waals surface area contributed by atoms with Crippen molar-refractivity contribution in [3.05, 3.63) is 53.1 Å². The van der Waals surface area contributed by atoms with E-state index in [0.717, 1.165) is 12.8 Å². The molecular formula is C29H34N6O4. The standard InChI is InChI=1S/C29H34N6O4/c1-3-24(28(37)39-4-2)35-17-21(20-11-8-14-30-26(20)35)25-27(36)34-23-15-19(12-13-22(23)33-25)32-29(38)31-16-18-9-6-5-7-10-18/h8,11-15,17-18,24H,3-7,9-10,16H2,1-2H3,(H,34,36)(H2,31,32,38). The molecule has 0 spiro atoms. The van der Waals surface area contributed by atoms with E-state index < -0.39 is 6.04 Å². The van der Waals surface area contributed by atoms with Crippen molar-refractivity contribution < 1.29 is 14.3 Å². The van der Waals surface area contributed by atoms with Crippen LogP contribution < -0.4 is 16.2 Å². The van der Waals surface area contributed by atoms with E-state index >= 15 is 0 Å². The second-order valence-electron chi connectivity index (χ2n) is 9.99. The van der Waals surface area contributed by atoms with Crippen molar-refractivity contribution in [3.63, 3.8) is 0 Å². The van der Waals surface area contributed by atoms with Gasteiger partial charge in [0.25, 0.3) is 5.56 Å². The second-order valence-corrected chi connectivity index (χ2v) is 9.99. The van der Waals surface area contributed by atoms with E-state index in [1.807, 2.05) is 13.0 Å². The Morgan fingerprint density at radius 1 is 1.18 bits per heavy atom. The number of fused-ring (bicyclic) bond motifs is 2. The van der Waals surface area contributed by atoms with Gasteiger partial charge in [-0.3, -0.25) is 4.79 Å². The van der Waals surface area contributed by atoms with E-state index in [0.29, 0.717) is 52.2 Å². The average Bonchev–Trinajstić information content (AvgIpc) is 3.32. The summed E-state index contributed by atoms with van der Waals surface area (Å²) in [6.07, 6.45) is 9.94. The van der Waals surface area contributed by atoms with Gasteiger partial charge in [-0.25, -0.2) is 19.6 Å². The number of rotatable bonds is 8. The molecule has 2 amide bonds. The summed E-state index contributed by atoms with van der Waals surface area (Å²) in [5, 5.41) is 6.53. The molecular weight excluding hydrogens is 496 g/mol. The molecule has 0 saturated heterocycles. The molecule has 39 heavy (non-hydrogen) atoms. The maximum absolute atomic E-state index is 13.2. The van der Waals surface area contributed by atoms with Crippen LogP contribution in [0.1, 0.15) is 58.4 Å². The minimum absolute atomic E-state index is 0.226. The van der Waals surface area contributed by atoms with Gasteiger partial charge in [0.1, 0.15) is 17.4 Å². The normalized spacial score (nSPS) is 14.8. The summed E-state index contributed by atoms with van der Waals surface area (Å²) >= 11 is 0. The SMILES string of the molecule is CCOC(=O)C(CC)n1cc(-c2nc3ccc(NC(=O)NCC4CCCCC4)cc3[nH]c2=O)c2cccnc21. The molecule has 3 N–H and O–H groups in total. The smallest absolute Gasteiger partial charge is 0.329 e. The van der Waals surface area contributed by atoms with E-state index in [1.165, 1.54) is 19.3 Å². The fourth-order valence-electron chi connectivity index (χ4n) is 5.37. The quantitative estimate of drug-likeness (QED) is 0.270. The largest absolute Gasteiger partial charge is 0.464 e. The number of nitrogens with zero attached hydrogens (tertiary/aromatic N) is 3. The van der Waals surface area contributed by atoms with E-state index in [-0.39, 0.29) is 29.9 Å². The van der Waals surface area contributed by atoms with Gasteiger partial charge in [-0.1, -0.05) is 26.2 Å². The van der Waals surface area contributed by atoms with Crippen LogP contribution in [0.3, 0.4) is 0 Å². The van der Waals surface area contributed by atoms with E-state index in [9.17, 15) is 14.4 Å². The summed E-state index contributed by atoms with van der Waals surface area (Å²) in [4.78, 5) is 50.4. The number of hydrogen-bond donors (Lipinski definition) is 3. The number of nitrogens with one attached hydrogen (secondary N) is 3. The number of benzene rings is 1. The van der Waals surface area contributed by atoms with Gasteiger partial charge in [0.15, 0.2) is 0 Å². The minimum Gasteiger partial charge on any atom is -0.464 e. The monoisotopic (exact) mass is 530 g/mol. The van der Waals surface area contributed by atoms with Gasteiger partial charge in [-0.05, 0) is 62.4 Å². The Hall–Kier alpha value is -4.21. The first-order valence-electron chi connectivity index (χ1n) is 13.7. The highest BCUT2D eigenvalue weighted by Crippen LogP contribution is 2.31. The summed E-state index contributed by atoms with van der Waals surface area (Å²) in [6.45, 7) is 4.61. The third-order valence-electron chi connectivity index (χ3n) is 7.35. The molecule has 204 valence electrons. The fourth-order valence-corrected chi connectivity index (χ4v) is 5.37. The summed E-state index contributed by atoms with van der Waals surface area (Å²) in [7, 11) is 0. The first kappa shape index (κ1) is 26.4. The van der Waals surface area contributed by atoms with Crippen molar-refractivity contribution >= 4 is 39.8 Å². The van der Waals surface area contributed by atoms with Gasteiger partial charge in [0, 0.05) is 35.6 Å². The molecule has 1 saturated carbocycles. The van der Waals surface area contributed by atoms with Crippen LogP contribution >= 0.6 is 0 Å². The van der Waals surface area contributed by atoms with Gasteiger partial charge in [0.05, 0.1) is 17.6 Å². The predicted octanol–water partition coefficient (Wildman–Crippen LogP) is 5.16. The molecule has 0 radical (unpaired) electrons. The third kappa shape index (κ3) is 5.64. The van der Waals surface area contributed by atoms with Crippen LogP contribution in [0.4, 0.5) is 10.5 Å². The number of carbonyl (C=O) groups excluding carboxylic acids is 2. The van der Waals surface area contributed by atoms with Crippen molar-refractivity contribution in [2.75, 3.05) is 18.5 Å². The van der Waals surface area contributed by atoms with E-state index in [1.54, 1.807) is 48.1 Å². The predicted molar refractivity (Wildman–Crippen MR) is 151 cm³/mol. The number of hydrogen-bond acceptors (Lipinski definition) is 6. The summed E-state index contributed by atoms with van der Waals surface area (Å²) < 4.78 is 7.03. The van der Waals surface area contributed by atoms with E-state index in [2.05, 4.69) is 25.6 Å². The summed E-state index contributed by atoms with van der Waals surface area (Å²) in [6, 6.07) is 8.02. The van der Waals surface area contributed by atoms with Crippen LogP contribution in [0.25, 0.3) is 33.3 Å². The van der Waals surface area contributed by atoms with Gasteiger partial charge in [-0.2, -0.15) is 0 Å². The van der Waals surface area contributed by atoms with Crippen LogP contribution in [0.2, 0.25) is 0 Å². The Morgan fingerprint density at radius 2 is 2.00 bits per heavy atom. The summed E-state index contributed by atoms with van der Waals surface area (Å²) in [5.41, 5.74) is 2.64. The number of ether oxygens (including phenoxy) is 1. The number of aromatic amines is 1. The Balaban J connectivity index is 1.42. The zero-order valence-corrected chi connectivity index (χ0v) is 22.3. The number of esters is 1. The lowest BCUT2D eigenvalue weighted by molar-refractivity contribution is -0.147. The van der Waals surface area contributed by atoms with Gasteiger partial charge in [0.2, 0.25) is 0 Å². The molecule has 3 heterocycles. The summed E-state index contributed by atoms with van der Waals surface area (Å²) in [5.74, 6) is 0.184. The number of H-pyrrole nitrogens is 1. The first-order chi connectivity index (χ1) is 19.0. The minimum atomic E-state index is -0.575. The Bertz CT molecular complexity index is 1550. The molecule has 4 aromatic rings. The van der Waals surface area contributed by atoms with Gasteiger partial charge >= 0.3 is 12.0 Å². The second kappa shape index (κ2) is 11.7. The maximum Gasteiger partial charge on any atom is 0.329 e. The van der Waals surface area contributed by atoms with Crippen LogP contribution in [0.15, 0.2) is 47.5 Å². The first-order valence-corrected chi connectivity index (χ1v) is 13.7. The van der Waals surface area contributed by atoms with E-state index in [4.69, 9.17) is 4.74 Å². The van der Waals surface area contributed by atoms with Crippen LogP contribution in [0.5, 0.6) is 0 Å².